The standard InChI is InChI=1S/C16H19O2P/c1-13(2)18-19(15-7-5-4-6-8-15)16-11-9-14(17-3)10-12-16/h4-13H,1-3H3. The average molecular weight is 274 g/mol. The lowest BCUT2D eigenvalue weighted by atomic mass is 10.3. The van der Waals surface area contributed by atoms with Crippen LogP contribution in [0.3, 0.4) is 0 Å². The minimum absolute atomic E-state index is 0.202. The lowest BCUT2D eigenvalue weighted by Gasteiger charge is -2.21. The second-order valence-corrected chi connectivity index (χ2v) is 6.31. The van der Waals surface area contributed by atoms with Crippen molar-refractivity contribution in [3.8, 4) is 5.75 Å². The van der Waals surface area contributed by atoms with E-state index in [0.29, 0.717) is 0 Å². The molecule has 0 bridgehead atoms. The maximum Gasteiger partial charge on any atom is 0.118 e. The van der Waals surface area contributed by atoms with E-state index in [-0.39, 0.29) is 6.10 Å². The Morgan fingerprint density at radius 1 is 0.842 bits per heavy atom. The van der Waals surface area contributed by atoms with Gasteiger partial charge in [-0.15, -0.1) is 0 Å². The molecule has 0 amide bonds. The van der Waals surface area contributed by atoms with Gasteiger partial charge in [-0.1, -0.05) is 30.3 Å². The number of hydrogen-bond donors (Lipinski definition) is 0. The van der Waals surface area contributed by atoms with Crippen LogP contribution >= 0.6 is 8.15 Å². The molecule has 1 atom stereocenters. The maximum absolute atomic E-state index is 6.12. The quantitative estimate of drug-likeness (QED) is 0.777. The SMILES string of the molecule is COc1ccc(P(OC(C)C)c2ccccc2)cc1. The fraction of sp³-hybridized carbons (Fsp3) is 0.250. The molecule has 0 saturated carbocycles. The van der Waals surface area contributed by atoms with Crippen LogP contribution in [0.1, 0.15) is 13.8 Å². The van der Waals surface area contributed by atoms with Crippen molar-refractivity contribution in [3.05, 3.63) is 54.6 Å². The molecule has 2 aromatic carbocycles. The molecule has 100 valence electrons. The van der Waals surface area contributed by atoms with Crippen LogP contribution in [-0.4, -0.2) is 13.2 Å². The van der Waals surface area contributed by atoms with Crippen molar-refractivity contribution in [1.82, 2.24) is 0 Å². The van der Waals surface area contributed by atoms with Crippen LogP contribution in [0.2, 0.25) is 0 Å². The zero-order valence-corrected chi connectivity index (χ0v) is 12.4. The van der Waals surface area contributed by atoms with Gasteiger partial charge in [0.05, 0.1) is 21.4 Å². The van der Waals surface area contributed by atoms with Crippen LogP contribution < -0.4 is 15.3 Å². The predicted molar refractivity (Wildman–Crippen MR) is 81.8 cm³/mol. The van der Waals surface area contributed by atoms with Gasteiger partial charge >= 0.3 is 0 Å². The van der Waals surface area contributed by atoms with Gasteiger partial charge in [-0.3, -0.25) is 0 Å². The van der Waals surface area contributed by atoms with Crippen molar-refractivity contribution < 1.29 is 9.26 Å². The van der Waals surface area contributed by atoms with Crippen LogP contribution in [0.25, 0.3) is 0 Å². The second kappa shape index (κ2) is 6.70. The number of methoxy groups -OCH3 is 1. The second-order valence-electron chi connectivity index (χ2n) is 4.48. The smallest absolute Gasteiger partial charge is 0.118 e. The number of ether oxygens (including phenoxy) is 1. The van der Waals surface area contributed by atoms with Crippen LogP contribution in [0.5, 0.6) is 5.75 Å². The molecule has 1 unspecified atom stereocenters. The van der Waals surface area contributed by atoms with Gasteiger partial charge in [0.2, 0.25) is 0 Å². The molecule has 2 rings (SSSR count). The van der Waals surface area contributed by atoms with E-state index in [1.807, 2.05) is 18.2 Å². The molecular weight excluding hydrogens is 255 g/mol. The number of rotatable bonds is 5. The summed E-state index contributed by atoms with van der Waals surface area (Å²) in [6, 6.07) is 18.5. The Kier molecular flexibility index (Phi) is 4.95. The number of hydrogen-bond acceptors (Lipinski definition) is 2. The van der Waals surface area contributed by atoms with Crippen molar-refractivity contribution >= 4 is 18.8 Å². The summed E-state index contributed by atoms with van der Waals surface area (Å²) in [4.78, 5) is 0. The topological polar surface area (TPSA) is 18.5 Å². The predicted octanol–water partition coefficient (Wildman–Crippen LogP) is 3.47. The van der Waals surface area contributed by atoms with E-state index in [2.05, 4.69) is 50.2 Å². The van der Waals surface area contributed by atoms with E-state index in [0.717, 1.165) is 5.75 Å². The van der Waals surface area contributed by atoms with Crippen LogP contribution in [0.4, 0.5) is 0 Å². The normalized spacial score (nSPS) is 12.4. The van der Waals surface area contributed by atoms with Crippen molar-refractivity contribution in [3.63, 3.8) is 0 Å². The van der Waals surface area contributed by atoms with Gasteiger partial charge in [0.1, 0.15) is 5.75 Å². The molecule has 3 heteroatoms. The summed E-state index contributed by atoms with van der Waals surface area (Å²) in [6.45, 7) is 4.14. The maximum atomic E-state index is 6.12. The fourth-order valence-electron chi connectivity index (χ4n) is 1.76. The summed E-state index contributed by atoms with van der Waals surface area (Å²) >= 11 is 0. The van der Waals surface area contributed by atoms with Crippen molar-refractivity contribution in [1.29, 1.82) is 0 Å². The van der Waals surface area contributed by atoms with E-state index < -0.39 is 8.15 Å². The molecule has 0 aliphatic carbocycles. The Balaban J connectivity index is 2.31. The molecule has 2 aromatic rings. The average Bonchev–Trinajstić information content (AvgIpc) is 2.46. The van der Waals surface area contributed by atoms with Crippen LogP contribution in [0.15, 0.2) is 54.6 Å². The first-order chi connectivity index (χ1) is 9.20. The lowest BCUT2D eigenvalue weighted by molar-refractivity contribution is 0.278. The third-order valence-electron chi connectivity index (χ3n) is 2.61. The Hall–Kier alpha value is -1.37. The van der Waals surface area contributed by atoms with E-state index in [1.165, 1.54) is 10.6 Å². The fourth-order valence-corrected chi connectivity index (χ4v) is 3.59. The summed E-state index contributed by atoms with van der Waals surface area (Å²) in [5.74, 6) is 0.872. The molecule has 2 nitrogen and oxygen atoms in total. The third-order valence-corrected chi connectivity index (χ3v) is 4.78. The summed E-state index contributed by atoms with van der Waals surface area (Å²) in [5.41, 5.74) is 0. The third kappa shape index (κ3) is 3.79. The molecule has 0 aromatic heterocycles. The molecule has 0 fully saturated rings. The minimum Gasteiger partial charge on any atom is -0.497 e. The highest BCUT2D eigenvalue weighted by Crippen LogP contribution is 2.36. The molecule has 0 spiro atoms. The monoisotopic (exact) mass is 274 g/mol. The zero-order valence-electron chi connectivity index (χ0n) is 11.5. The van der Waals surface area contributed by atoms with E-state index in [1.54, 1.807) is 7.11 Å². The van der Waals surface area contributed by atoms with Crippen LogP contribution in [-0.2, 0) is 4.52 Å². The van der Waals surface area contributed by atoms with Gasteiger partial charge in [0.25, 0.3) is 0 Å². The molecule has 0 aliphatic heterocycles. The Labute approximate surface area is 116 Å². The van der Waals surface area contributed by atoms with E-state index >= 15 is 0 Å². The molecule has 0 aliphatic rings. The Morgan fingerprint density at radius 2 is 1.42 bits per heavy atom. The molecule has 0 N–H and O–H groups in total. The molecule has 0 radical (unpaired) electrons. The summed E-state index contributed by atoms with van der Waals surface area (Å²) in [5, 5.41) is 2.44. The first-order valence-corrected chi connectivity index (χ1v) is 7.62. The van der Waals surface area contributed by atoms with Gasteiger partial charge in [-0.2, -0.15) is 0 Å². The highest BCUT2D eigenvalue weighted by molar-refractivity contribution is 7.68. The largest absolute Gasteiger partial charge is 0.497 e. The van der Waals surface area contributed by atoms with E-state index in [9.17, 15) is 0 Å². The Bertz CT molecular complexity index is 494. The van der Waals surface area contributed by atoms with Gasteiger partial charge in [0.15, 0.2) is 0 Å². The zero-order chi connectivity index (χ0) is 13.7. The summed E-state index contributed by atoms with van der Waals surface area (Å²) < 4.78 is 11.3. The molecular formula is C16H19O2P. The molecule has 0 saturated heterocycles. The van der Waals surface area contributed by atoms with Crippen molar-refractivity contribution in [2.45, 2.75) is 20.0 Å². The van der Waals surface area contributed by atoms with Gasteiger partial charge in [-0.05, 0) is 38.1 Å². The Morgan fingerprint density at radius 3 is 1.95 bits per heavy atom. The molecule has 19 heavy (non-hydrogen) atoms. The molecule has 0 heterocycles. The highest BCUT2D eigenvalue weighted by atomic mass is 31.1. The number of benzene rings is 2. The highest BCUT2D eigenvalue weighted by Gasteiger charge is 2.16. The summed E-state index contributed by atoms with van der Waals surface area (Å²) in [7, 11) is 0.917. The van der Waals surface area contributed by atoms with Crippen LogP contribution in [0, 0.1) is 0 Å². The summed E-state index contributed by atoms with van der Waals surface area (Å²) in [6.07, 6.45) is 0.202. The van der Waals surface area contributed by atoms with E-state index in [4.69, 9.17) is 9.26 Å². The van der Waals surface area contributed by atoms with Crippen molar-refractivity contribution in [2.75, 3.05) is 7.11 Å². The first kappa shape index (κ1) is 14.0. The minimum atomic E-state index is -0.763. The van der Waals surface area contributed by atoms with Gasteiger partial charge in [-0.25, -0.2) is 0 Å². The van der Waals surface area contributed by atoms with Gasteiger partial charge in [0, 0.05) is 10.6 Å². The lowest BCUT2D eigenvalue weighted by Crippen LogP contribution is -2.16. The first-order valence-electron chi connectivity index (χ1n) is 6.36. The van der Waals surface area contributed by atoms with Gasteiger partial charge < -0.3 is 9.26 Å². The van der Waals surface area contributed by atoms with Crippen molar-refractivity contribution in [2.24, 2.45) is 0 Å².